The van der Waals surface area contributed by atoms with Crippen LogP contribution in [-0.2, 0) is 14.2 Å². The molecule has 0 radical (unpaired) electrons. The minimum absolute atomic E-state index is 0.175. The van der Waals surface area contributed by atoms with E-state index in [0.717, 1.165) is 0 Å². The SMILES string of the molecule is O=NC[C@@H]1O[C@H](O[C@H]2COC[C@@H](O)C2)[C@@H](O)[C@H](N=O)[C@H]1N=O. The minimum atomic E-state index is -1.53. The summed E-state index contributed by atoms with van der Waals surface area (Å²) in [5, 5.41) is 27.6. The van der Waals surface area contributed by atoms with E-state index < -0.39 is 49.3 Å². The predicted octanol–water partition coefficient (Wildman–Crippen LogP) is -0.725. The van der Waals surface area contributed by atoms with Gasteiger partial charge in [-0.2, -0.15) is 14.7 Å². The van der Waals surface area contributed by atoms with E-state index in [4.69, 9.17) is 14.2 Å². The monoisotopic (exact) mass is 319 g/mol. The van der Waals surface area contributed by atoms with Gasteiger partial charge in [-0.1, -0.05) is 15.5 Å². The van der Waals surface area contributed by atoms with Crippen LogP contribution in [0.1, 0.15) is 6.42 Å². The summed E-state index contributed by atoms with van der Waals surface area (Å²) < 4.78 is 15.9. The number of hydrogen-bond donors (Lipinski definition) is 2. The molecule has 2 aliphatic heterocycles. The molecule has 0 aromatic heterocycles. The molecular formula is C11H17N3O8. The standard InChI is InChI=1S/C11H17N3O8/c15-5-1-6(4-20-3-5)21-11-10(16)9(14-19)8(13-18)7(22-11)2-12-17/h5-11,15-16H,1-4H2/t5-,6+,7-,8-,9+,10-,11-/m0/s1. The Labute approximate surface area is 124 Å². The zero-order chi connectivity index (χ0) is 16.1. The van der Waals surface area contributed by atoms with Gasteiger partial charge in [-0.25, -0.2) is 0 Å². The van der Waals surface area contributed by atoms with Gasteiger partial charge < -0.3 is 24.4 Å². The Morgan fingerprint density at radius 1 is 1.09 bits per heavy atom. The highest BCUT2D eigenvalue weighted by molar-refractivity contribution is 4.99. The number of aliphatic hydroxyl groups excluding tert-OH is 2. The number of nitrogens with zero attached hydrogens (tertiary/aromatic N) is 3. The first-order valence-corrected chi connectivity index (χ1v) is 6.79. The van der Waals surface area contributed by atoms with Gasteiger partial charge in [-0.15, -0.1) is 0 Å². The van der Waals surface area contributed by atoms with Crippen LogP contribution in [0.4, 0.5) is 0 Å². The van der Waals surface area contributed by atoms with Crippen LogP contribution in [0.15, 0.2) is 15.5 Å². The lowest BCUT2D eigenvalue weighted by atomic mass is 9.94. The zero-order valence-corrected chi connectivity index (χ0v) is 11.6. The fraction of sp³-hybridized carbons (Fsp3) is 1.00. The Balaban J connectivity index is 2.07. The number of ether oxygens (including phenoxy) is 3. The molecule has 11 heteroatoms. The largest absolute Gasteiger partial charge is 0.391 e. The summed E-state index contributed by atoms with van der Waals surface area (Å²) in [4.78, 5) is 32.1. The van der Waals surface area contributed by atoms with E-state index in [0.29, 0.717) is 0 Å². The Morgan fingerprint density at radius 2 is 1.82 bits per heavy atom. The number of aliphatic hydroxyl groups is 2. The number of nitroso groups, excluding NO2 is 3. The molecule has 0 amide bonds. The molecule has 2 aliphatic rings. The van der Waals surface area contributed by atoms with Gasteiger partial charge in [0.1, 0.15) is 24.8 Å². The average molecular weight is 319 g/mol. The molecule has 0 saturated carbocycles. The highest BCUT2D eigenvalue weighted by atomic mass is 16.7. The first-order valence-electron chi connectivity index (χ1n) is 6.79. The summed E-state index contributed by atoms with van der Waals surface area (Å²) in [5.41, 5.74) is 0. The Morgan fingerprint density at radius 3 is 2.41 bits per heavy atom. The van der Waals surface area contributed by atoms with Crippen LogP contribution in [0.5, 0.6) is 0 Å². The van der Waals surface area contributed by atoms with Crippen molar-refractivity contribution in [3.8, 4) is 0 Å². The Hall–Kier alpha value is -1.40. The smallest absolute Gasteiger partial charge is 0.186 e. The molecular weight excluding hydrogens is 302 g/mol. The highest BCUT2D eigenvalue weighted by Crippen LogP contribution is 2.28. The van der Waals surface area contributed by atoms with Gasteiger partial charge >= 0.3 is 0 Å². The highest BCUT2D eigenvalue weighted by Gasteiger charge is 2.49. The normalized spacial score (nSPS) is 42.5. The van der Waals surface area contributed by atoms with Crippen molar-refractivity contribution in [3.63, 3.8) is 0 Å². The summed E-state index contributed by atoms with van der Waals surface area (Å²) >= 11 is 0. The zero-order valence-electron chi connectivity index (χ0n) is 11.6. The lowest BCUT2D eigenvalue weighted by Crippen LogP contribution is -2.58. The van der Waals surface area contributed by atoms with Crippen molar-refractivity contribution in [2.24, 2.45) is 15.5 Å². The maximum Gasteiger partial charge on any atom is 0.186 e. The average Bonchev–Trinajstić information content (AvgIpc) is 2.50. The second-order valence-electron chi connectivity index (χ2n) is 5.22. The third kappa shape index (κ3) is 3.67. The summed E-state index contributed by atoms with van der Waals surface area (Å²) in [6.07, 6.45) is -4.95. The Bertz CT molecular complexity index is 411. The van der Waals surface area contributed by atoms with Gasteiger partial charge in [-0.05, 0) is 0 Å². The molecule has 22 heavy (non-hydrogen) atoms. The van der Waals surface area contributed by atoms with E-state index in [1.54, 1.807) is 0 Å². The molecule has 7 atom stereocenters. The molecule has 0 aliphatic carbocycles. The van der Waals surface area contributed by atoms with Crippen molar-refractivity contribution in [3.05, 3.63) is 14.7 Å². The van der Waals surface area contributed by atoms with Crippen molar-refractivity contribution in [2.75, 3.05) is 19.8 Å². The fourth-order valence-electron chi connectivity index (χ4n) is 2.57. The van der Waals surface area contributed by atoms with Crippen LogP contribution >= 0.6 is 0 Å². The van der Waals surface area contributed by atoms with Crippen molar-refractivity contribution in [2.45, 2.75) is 49.2 Å². The second-order valence-corrected chi connectivity index (χ2v) is 5.22. The van der Waals surface area contributed by atoms with Crippen LogP contribution in [0.25, 0.3) is 0 Å². The lowest BCUT2D eigenvalue weighted by Gasteiger charge is -2.40. The molecule has 2 N–H and O–H groups in total. The molecule has 0 unspecified atom stereocenters. The molecule has 2 rings (SSSR count). The molecule has 0 aromatic rings. The molecule has 0 spiro atoms. The van der Waals surface area contributed by atoms with Crippen LogP contribution in [0.2, 0.25) is 0 Å². The van der Waals surface area contributed by atoms with Gasteiger partial charge in [-0.3, -0.25) is 0 Å². The predicted molar refractivity (Wildman–Crippen MR) is 70.8 cm³/mol. The van der Waals surface area contributed by atoms with Gasteiger partial charge in [0, 0.05) is 6.42 Å². The summed E-state index contributed by atoms with van der Waals surface area (Å²) in [5.74, 6) is 0. The molecule has 0 aromatic carbocycles. The van der Waals surface area contributed by atoms with Crippen LogP contribution in [0, 0.1) is 14.7 Å². The van der Waals surface area contributed by atoms with E-state index in [1.807, 2.05) is 0 Å². The van der Waals surface area contributed by atoms with E-state index in [1.165, 1.54) is 0 Å². The fourth-order valence-corrected chi connectivity index (χ4v) is 2.57. The number of rotatable bonds is 6. The Kier molecular flexibility index (Phi) is 5.97. The van der Waals surface area contributed by atoms with E-state index in [9.17, 15) is 24.9 Å². The van der Waals surface area contributed by atoms with E-state index >= 15 is 0 Å². The third-order valence-electron chi connectivity index (χ3n) is 3.64. The molecule has 2 heterocycles. The minimum Gasteiger partial charge on any atom is -0.391 e. The first kappa shape index (κ1) is 17.0. The van der Waals surface area contributed by atoms with Gasteiger partial charge in [0.25, 0.3) is 0 Å². The lowest BCUT2D eigenvalue weighted by molar-refractivity contribution is -0.276. The molecule has 11 nitrogen and oxygen atoms in total. The third-order valence-corrected chi connectivity index (χ3v) is 3.64. The maximum atomic E-state index is 10.9. The quantitative estimate of drug-likeness (QED) is 0.607. The van der Waals surface area contributed by atoms with Crippen LogP contribution < -0.4 is 0 Å². The van der Waals surface area contributed by atoms with E-state index in [-0.39, 0.29) is 19.6 Å². The van der Waals surface area contributed by atoms with Crippen LogP contribution in [-0.4, -0.2) is 72.8 Å². The van der Waals surface area contributed by atoms with Gasteiger partial charge in [0.2, 0.25) is 0 Å². The summed E-state index contributed by atoms with van der Waals surface area (Å²) in [6.45, 7) is -0.0745. The van der Waals surface area contributed by atoms with E-state index in [2.05, 4.69) is 15.5 Å². The first-order chi connectivity index (χ1) is 10.6. The van der Waals surface area contributed by atoms with Crippen molar-refractivity contribution >= 4 is 0 Å². The van der Waals surface area contributed by atoms with Gasteiger partial charge in [0.05, 0.1) is 25.4 Å². The van der Waals surface area contributed by atoms with Crippen molar-refractivity contribution < 1.29 is 24.4 Å². The molecule has 2 saturated heterocycles. The van der Waals surface area contributed by atoms with Crippen LogP contribution in [0.3, 0.4) is 0 Å². The van der Waals surface area contributed by atoms with Crippen molar-refractivity contribution in [1.82, 2.24) is 0 Å². The second kappa shape index (κ2) is 7.74. The number of hydrogen-bond acceptors (Lipinski definition) is 11. The summed E-state index contributed by atoms with van der Waals surface area (Å²) in [7, 11) is 0. The van der Waals surface area contributed by atoms with Gasteiger partial charge in [0.15, 0.2) is 12.3 Å². The summed E-state index contributed by atoms with van der Waals surface area (Å²) in [6, 6.07) is -2.73. The van der Waals surface area contributed by atoms with Crippen molar-refractivity contribution in [1.29, 1.82) is 0 Å². The molecule has 0 bridgehead atoms. The maximum absolute atomic E-state index is 10.9. The molecule has 124 valence electrons. The molecule has 2 fully saturated rings. The topological polar surface area (TPSA) is 156 Å².